The molecule has 57 heavy (non-hydrogen) atoms. The Labute approximate surface area is 331 Å². The Kier molecular flexibility index (Phi) is 12.6. The number of alkyl carbamates (subject to hydrolysis) is 2. The molecule has 6 rings (SSSR count). The van der Waals surface area contributed by atoms with Crippen molar-refractivity contribution in [3.05, 3.63) is 84.7 Å². The van der Waals surface area contributed by atoms with Gasteiger partial charge in [0, 0.05) is 32.9 Å². The van der Waals surface area contributed by atoms with Gasteiger partial charge in [0.05, 0.1) is 50.1 Å². The van der Waals surface area contributed by atoms with Crippen molar-refractivity contribution in [1.82, 2.24) is 40.4 Å². The zero-order chi connectivity index (χ0) is 40.8. The van der Waals surface area contributed by atoms with Crippen molar-refractivity contribution >= 4 is 34.8 Å². The maximum atomic E-state index is 13.7. The van der Waals surface area contributed by atoms with Gasteiger partial charge in [-0.15, -0.1) is 0 Å². The molecule has 2 aromatic heterocycles. The molecule has 0 spiro atoms. The highest BCUT2D eigenvalue weighted by Crippen LogP contribution is 2.31. The molecule has 1 saturated heterocycles. The molecule has 3 aromatic carbocycles. The molecule has 1 aliphatic heterocycles. The van der Waals surface area contributed by atoms with E-state index < -0.39 is 24.3 Å². The lowest BCUT2D eigenvalue weighted by molar-refractivity contribution is -0.136. The summed E-state index contributed by atoms with van der Waals surface area (Å²) in [6.45, 7) is 6.46. The van der Waals surface area contributed by atoms with Crippen LogP contribution in [0.5, 0.6) is 0 Å². The number of carbonyl (C=O) groups excluding carboxylic acids is 4. The zero-order valence-electron chi connectivity index (χ0n) is 33.3. The van der Waals surface area contributed by atoms with E-state index in [9.17, 15) is 19.2 Å². The molecule has 0 radical (unpaired) electrons. The van der Waals surface area contributed by atoms with E-state index in [-0.39, 0.29) is 29.8 Å². The number of aromatic nitrogens is 4. The van der Waals surface area contributed by atoms with Gasteiger partial charge in [0.1, 0.15) is 23.7 Å². The van der Waals surface area contributed by atoms with Gasteiger partial charge in [0.15, 0.2) is 0 Å². The minimum absolute atomic E-state index is 0.0564. The highest BCUT2D eigenvalue weighted by Gasteiger charge is 2.35. The number of fused-ring (bicyclic) bond motifs is 1. The smallest absolute Gasteiger partial charge is 0.407 e. The molecule has 300 valence electrons. The van der Waals surface area contributed by atoms with E-state index in [1.165, 1.54) is 19.1 Å². The maximum Gasteiger partial charge on any atom is 0.407 e. The first-order chi connectivity index (χ1) is 27.4. The molecule has 0 bridgehead atoms. The van der Waals surface area contributed by atoms with Gasteiger partial charge < -0.3 is 44.6 Å². The monoisotopic (exact) mass is 778 g/mol. The summed E-state index contributed by atoms with van der Waals surface area (Å²) in [5, 5.41) is 7.40. The number of rotatable bonds is 12. The SMILES string of the molecule is COC(=O)NC(C(=O)N(C)[C@@H](C)c1ncc(-c2ccc(-c3ccc4cc(-c5cnc([C@H](C)N(C)C(=O)[C@H](C)NC(=O)OC)[nH]5)ccc4c3)cc2)[nH]1)C1CCOCC1. The average Bonchev–Trinajstić information content (AvgIpc) is 3.95. The van der Waals surface area contributed by atoms with E-state index in [1.54, 1.807) is 38.3 Å². The molecule has 1 unspecified atom stereocenters. The van der Waals surface area contributed by atoms with Crippen molar-refractivity contribution in [1.29, 1.82) is 0 Å². The summed E-state index contributed by atoms with van der Waals surface area (Å²) < 4.78 is 14.9. The number of H-pyrrole nitrogens is 2. The van der Waals surface area contributed by atoms with Gasteiger partial charge in [0.2, 0.25) is 11.8 Å². The molecule has 0 saturated carbocycles. The number of methoxy groups -OCH3 is 2. The van der Waals surface area contributed by atoms with Crippen LogP contribution in [0.3, 0.4) is 0 Å². The largest absolute Gasteiger partial charge is 0.453 e. The summed E-state index contributed by atoms with van der Waals surface area (Å²) in [5.74, 6) is 0.713. The standard InChI is InChI=1S/C42H50N8O7/c1-24(45-41(53)55-6)39(51)49(4)25(2)37-44-23-35(47-37)33-15-14-31-20-30(12-13-32(31)21-33)27-8-10-28(11-9-27)34-22-43-38(46-34)26(3)50(5)40(52)36(48-42(54)56-7)29-16-18-57-19-17-29/h8-15,20-26,29,36H,16-19H2,1-7H3,(H,43,46)(H,44,47)(H,45,53)(H,48,54)/t24-,25-,26-,36?/m0/s1. The highest BCUT2D eigenvalue weighted by atomic mass is 16.5. The van der Waals surface area contributed by atoms with Gasteiger partial charge in [-0.05, 0) is 79.1 Å². The van der Waals surface area contributed by atoms with Crippen LogP contribution in [0.4, 0.5) is 9.59 Å². The molecule has 4 N–H and O–H groups in total. The van der Waals surface area contributed by atoms with E-state index in [0.717, 1.165) is 44.4 Å². The quantitative estimate of drug-likeness (QED) is 0.114. The highest BCUT2D eigenvalue weighted by molar-refractivity contribution is 5.91. The van der Waals surface area contributed by atoms with Gasteiger partial charge in [-0.1, -0.05) is 48.5 Å². The third kappa shape index (κ3) is 9.10. The van der Waals surface area contributed by atoms with Crippen molar-refractivity contribution in [3.8, 4) is 33.6 Å². The first-order valence-electron chi connectivity index (χ1n) is 18.9. The summed E-state index contributed by atoms with van der Waals surface area (Å²) in [4.78, 5) is 69.3. The van der Waals surface area contributed by atoms with Crippen LogP contribution in [0.15, 0.2) is 73.1 Å². The molecular weight excluding hydrogens is 729 g/mol. The van der Waals surface area contributed by atoms with Crippen LogP contribution in [0.25, 0.3) is 44.4 Å². The van der Waals surface area contributed by atoms with Crippen LogP contribution in [0, 0.1) is 5.92 Å². The Bertz CT molecular complexity index is 2210. The Balaban J connectivity index is 1.11. The van der Waals surface area contributed by atoms with Crippen LogP contribution in [0.2, 0.25) is 0 Å². The van der Waals surface area contributed by atoms with E-state index in [2.05, 4.69) is 77.8 Å². The number of carbonyl (C=O) groups is 4. The number of hydrogen-bond acceptors (Lipinski definition) is 9. The fourth-order valence-corrected chi connectivity index (χ4v) is 7.01. The van der Waals surface area contributed by atoms with Gasteiger partial charge >= 0.3 is 12.2 Å². The van der Waals surface area contributed by atoms with Gasteiger partial charge in [0.25, 0.3) is 0 Å². The topological polar surface area (TPSA) is 184 Å². The fraction of sp³-hybridized carbons (Fsp3) is 0.381. The summed E-state index contributed by atoms with van der Waals surface area (Å²) in [6.07, 6.45) is 3.55. The molecule has 4 amide bonds. The lowest BCUT2D eigenvalue weighted by Gasteiger charge is -2.34. The lowest BCUT2D eigenvalue weighted by atomic mass is 9.90. The predicted octanol–water partition coefficient (Wildman–Crippen LogP) is 6.22. The average molecular weight is 779 g/mol. The third-order valence-electron chi connectivity index (χ3n) is 10.9. The van der Waals surface area contributed by atoms with E-state index in [0.29, 0.717) is 37.7 Å². The second-order valence-electron chi connectivity index (χ2n) is 14.4. The Morgan fingerprint density at radius 1 is 0.684 bits per heavy atom. The number of amides is 4. The minimum atomic E-state index is -0.755. The lowest BCUT2D eigenvalue weighted by Crippen LogP contribution is -2.52. The summed E-state index contributed by atoms with van der Waals surface area (Å²) in [6, 6.07) is 18.6. The second-order valence-corrected chi connectivity index (χ2v) is 14.4. The van der Waals surface area contributed by atoms with Crippen molar-refractivity contribution in [2.45, 2.75) is 57.8 Å². The van der Waals surface area contributed by atoms with Crippen LogP contribution in [-0.2, 0) is 23.8 Å². The van der Waals surface area contributed by atoms with Crippen LogP contribution < -0.4 is 10.6 Å². The van der Waals surface area contributed by atoms with E-state index >= 15 is 0 Å². The zero-order valence-corrected chi connectivity index (χ0v) is 33.3. The van der Waals surface area contributed by atoms with Gasteiger partial charge in [-0.2, -0.15) is 0 Å². The predicted molar refractivity (Wildman–Crippen MR) is 215 cm³/mol. The molecule has 1 aliphatic rings. The molecule has 5 aromatic rings. The molecular formula is C42H50N8O7. The van der Waals surface area contributed by atoms with Crippen molar-refractivity contribution in [2.75, 3.05) is 41.5 Å². The summed E-state index contributed by atoms with van der Waals surface area (Å²) in [5.41, 5.74) is 5.69. The van der Waals surface area contributed by atoms with E-state index in [4.69, 9.17) is 9.47 Å². The minimum Gasteiger partial charge on any atom is -0.453 e. The number of imidazole rings is 2. The van der Waals surface area contributed by atoms with Crippen molar-refractivity contribution < 1.29 is 33.4 Å². The number of hydrogen-bond donors (Lipinski definition) is 4. The molecule has 15 heteroatoms. The van der Waals surface area contributed by atoms with Gasteiger partial charge in [-0.3, -0.25) is 9.59 Å². The maximum absolute atomic E-state index is 13.7. The van der Waals surface area contributed by atoms with Gasteiger partial charge in [-0.25, -0.2) is 19.6 Å². The molecule has 3 heterocycles. The normalized spacial score (nSPS) is 15.2. The first kappa shape index (κ1) is 40.4. The molecule has 15 nitrogen and oxygen atoms in total. The Hall–Kier alpha value is -6.22. The van der Waals surface area contributed by atoms with Crippen molar-refractivity contribution in [3.63, 3.8) is 0 Å². The number of ether oxygens (including phenoxy) is 3. The number of likely N-dealkylation sites (N-methyl/N-ethyl adjacent to an activating group) is 2. The summed E-state index contributed by atoms with van der Waals surface area (Å²) in [7, 11) is 5.93. The molecule has 0 aliphatic carbocycles. The second kappa shape index (κ2) is 17.7. The number of nitrogens with zero attached hydrogens (tertiary/aromatic N) is 4. The summed E-state index contributed by atoms with van der Waals surface area (Å²) >= 11 is 0. The van der Waals surface area contributed by atoms with E-state index in [1.807, 2.05) is 32.0 Å². The Morgan fingerprint density at radius 2 is 1.16 bits per heavy atom. The molecule has 1 fully saturated rings. The fourth-order valence-electron chi connectivity index (χ4n) is 7.01. The molecule has 4 atom stereocenters. The van der Waals surface area contributed by atoms with Crippen LogP contribution >= 0.6 is 0 Å². The number of nitrogens with one attached hydrogen (secondary N) is 4. The first-order valence-corrected chi connectivity index (χ1v) is 18.9. The number of benzene rings is 3. The third-order valence-corrected chi connectivity index (χ3v) is 10.9. The van der Waals surface area contributed by atoms with Crippen LogP contribution in [0.1, 0.15) is 57.3 Å². The van der Waals surface area contributed by atoms with Crippen LogP contribution in [-0.4, -0.2) is 107 Å². The Morgan fingerprint density at radius 3 is 1.74 bits per heavy atom. The number of aromatic amines is 2. The van der Waals surface area contributed by atoms with Crippen molar-refractivity contribution in [2.24, 2.45) is 5.92 Å².